The van der Waals surface area contributed by atoms with Gasteiger partial charge in [-0.05, 0) is 33.7 Å². The van der Waals surface area contributed by atoms with Gasteiger partial charge in [-0.1, -0.05) is 6.92 Å². The average molecular weight is 196 g/mol. The highest BCUT2D eigenvalue weighted by atomic mass is 15.4. The van der Waals surface area contributed by atoms with E-state index in [2.05, 4.69) is 43.1 Å². The summed E-state index contributed by atoms with van der Waals surface area (Å²) >= 11 is 0. The molecule has 0 aliphatic heterocycles. The van der Waals surface area contributed by atoms with Crippen LogP contribution in [0.1, 0.15) is 39.9 Å². The first-order valence-electron chi connectivity index (χ1n) is 5.15. The molecule has 0 saturated carbocycles. The largest absolute Gasteiger partial charge is 0.310 e. The molecule has 0 amide bonds. The Hall–Kier alpha value is -0.900. The number of hydrogen-bond donors (Lipinski definition) is 1. The van der Waals surface area contributed by atoms with Crippen LogP contribution in [0.2, 0.25) is 0 Å². The lowest BCUT2D eigenvalue weighted by Gasteiger charge is -2.21. The van der Waals surface area contributed by atoms with Crippen molar-refractivity contribution in [3.05, 3.63) is 12.2 Å². The summed E-state index contributed by atoms with van der Waals surface area (Å²) in [4.78, 5) is 4.24. The Kier molecular flexibility index (Phi) is 3.63. The molecule has 0 aliphatic carbocycles. The van der Waals surface area contributed by atoms with E-state index in [0.717, 1.165) is 25.3 Å². The van der Waals surface area contributed by atoms with E-state index in [4.69, 9.17) is 0 Å². The topological polar surface area (TPSA) is 42.7 Å². The van der Waals surface area contributed by atoms with Gasteiger partial charge in [-0.2, -0.15) is 5.10 Å². The first-order chi connectivity index (χ1) is 6.55. The van der Waals surface area contributed by atoms with Gasteiger partial charge >= 0.3 is 0 Å². The molecule has 0 radical (unpaired) electrons. The molecule has 4 nitrogen and oxygen atoms in total. The Labute approximate surface area is 85.7 Å². The molecule has 0 atom stereocenters. The second-order valence-electron chi connectivity index (χ2n) is 4.44. The van der Waals surface area contributed by atoms with Gasteiger partial charge in [0.1, 0.15) is 12.2 Å². The van der Waals surface area contributed by atoms with Gasteiger partial charge in [0, 0.05) is 0 Å². The van der Waals surface area contributed by atoms with E-state index in [1.54, 1.807) is 6.33 Å². The van der Waals surface area contributed by atoms with Crippen LogP contribution in [0, 0.1) is 0 Å². The molecule has 0 unspecified atom stereocenters. The standard InChI is InChI=1S/C10H20N4/c1-5-6-11-7-9-12-8-13-14(9)10(2,3)4/h8,11H,5-7H2,1-4H3. The summed E-state index contributed by atoms with van der Waals surface area (Å²) < 4.78 is 1.97. The zero-order chi connectivity index (χ0) is 10.6. The van der Waals surface area contributed by atoms with Gasteiger partial charge in [0.15, 0.2) is 0 Å². The molecule has 80 valence electrons. The lowest BCUT2D eigenvalue weighted by Crippen LogP contribution is -2.28. The quantitative estimate of drug-likeness (QED) is 0.743. The predicted octanol–water partition coefficient (Wildman–Crippen LogP) is 1.53. The summed E-state index contributed by atoms with van der Waals surface area (Å²) in [7, 11) is 0. The third-order valence-electron chi connectivity index (χ3n) is 1.96. The number of nitrogens with zero attached hydrogens (tertiary/aromatic N) is 3. The molecule has 1 rings (SSSR count). The van der Waals surface area contributed by atoms with E-state index in [1.807, 2.05) is 4.68 Å². The van der Waals surface area contributed by atoms with Gasteiger partial charge < -0.3 is 5.32 Å². The minimum Gasteiger partial charge on any atom is -0.310 e. The highest BCUT2D eigenvalue weighted by Crippen LogP contribution is 2.13. The van der Waals surface area contributed by atoms with Gasteiger partial charge in [-0.15, -0.1) is 0 Å². The lowest BCUT2D eigenvalue weighted by atomic mass is 10.1. The van der Waals surface area contributed by atoms with Crippen molar-refractivity contribution in [2.45, 2.75) is 46.2 Å². The fraction of sp³-hybridized carbons (Fsp3) is 0.800. The van der Waals surface area contributed by atoms with Crippen molar-refractivity contribution < 1.29 is 0 Å². The Bertz CT molecular complexity index is 272. The number of nitrogens with one attached hydrogen (secondary N) is 1. The Morgan fingerprint density at radius 1 is 1.43 bits per heavy atom. The maximum Gasteiger partial charge on any atom is 0.141 e. The van der Waals surface area contributed by atoms with Crippen molar-refractivity contribution in [2.24, 2.45) is 0 Å². The highest BCUT2D eigenvalue weighted by molar-refractivity contribution is 4.89. The Balaban J connectivity index is 2.63. The van der Waals surface area contributed by atoms with Crippen molar-refractivity contribution in [2.75, 3.05) is 6.54 Å². The summed E-state index contributed by atoms with van der Waals surface area (Å²) in [5.74, 6) is 1.01. The Morgan fingerprint density at radius 2 is 2.14 bits per heavy atom. The fourth-order valence-corrected chi connectivity index (χ4v) is 1.32. The summed E-state index contributed by atoms with van der Waals surface area (Å²) in [6.45, 7) is 10.4. The number of hydrogen-bond acceptors (Lipinski definition) is 3. The molecule has 1 heterocycles. The first-order valence-corrected chi connectivity index (χ1v) is 5.15. The van der Waals surface area contributed by atoms with Crippen molar-refractivity contribution in [1.29, 1.82) is 0 Å². The van der Waals surface area contributed by atoms with Crippen LogP contribution in [0.4, 0.5) is 0 Å². The van der Waals surface area contributed by atoms with Crippen LogP contribution >= 0.6 is 0 Å². The normalized spacial score (nSPS) is 12.0. The molecule has 14 heavy (non-hydrogen) atoms. The molecule has 1 aromatic heterocycles. The van der Waals surface area contributed by atoms with Gasteiger partial charge in [0.25, 0.3) is 0 Å². The van der Waals surface area contributed by atoms with E-state index in [1.165, 1.54) is 0 Å². The highest BCUT2D eigenvalue weighted by Gasteiger charge is 2.17. The minimum atomic E-state index is 0.0136. The number of rotatable bonds is 4. The molecule has 0 aromatic carbocycles. The Morgan fingerprint density at radius 3 is 2.71 bits per heavy atom. The SMILES string of the molecule is CCCNCc1ncnn1C(C)(C)C. The third kappa shape index (κ3) is 2.80. The van der Waals surface area contributed by atoms with Crippen molar-refractivity contribution in [1.82, 2.24) is 20.1 Å². The zero-order valence-electron chi connectivity index (χ0n) is 9.54. The van der Waals surface area contributed by atoms with Crippen molar-refractivity contribution in [3.63, 3.8) is 0 Å². The number of aromatic nitrogens is 3. The maximum absolute atomic E-state index is 4.24. The van der Waals surface area contributed by atoms with Gasteiger partial charge in [0.05, 0.1) is 12.1 Å². The van der Waals surface area contributed by atoms with Crippen LogP contribution in [-0.4, -0.2) is 21.3 Å². The van der Waals surface area contributed by atoms with Crippen LogP contribution < -0.4 is 5.32 Å². The molecule has 1 N–H and O–H groups in total. The first kappa shape index (κ1) is 11.2. The van der Waals surface area contributed by atoms with Crippen LogP contribution in [-0.2, 0) is 12.1 Å². The molecule has 4 heteroatoms. The molecule has 0 spiro atoms. The minimum absolute atomic E-state index is 0.0136. The molecule has 0 aliphatic rings. The zero-order valence-corrected chi connectivity index (χ0v) is 9.54. The monoisotopic (exact) mass is 196 g/mol. The fourth-order valence-electron chi connectivity index (χ4n) is 1.32. The molecule has 0 saturated heterocycles. The second kappa shape index (κ2) is 4.55. The predicted molar refractivity (Wildman–Crippen MR) is 57.0 cm³/mol. The summed E-state index contributed by atoms with van der Waals surface area (Å²) in [5, 5.41) is 7.56. The molecular weight excluding hydrogens is 176 g/mol. The summed E-state index contributed by atoms with van der Waals surface area (Å²) in [6, 6.07) is 0. The van der Waals surface area contributed by atoms with Crippen LogP contribution in [0.3, 0.4) is 0 Å². The van der Waals surface area contributed by atoms with Gasteiger partial charge in [-0.3, -0.25) is 0 Å². The molecule has 0 fully saturated rings. The van der Waals surface area contributed by atoms with Crippen molar-refractivity contribution >= 4 is 0 Å². The van der Waals surface area contributed by atoms with E-state index in [0.29, 0.717) is 0 Å². The van der Waals surface area contributed by atoms with E-state index in [-0.39, 0.29) is 5.54 Å². The van der Waals surface area contributed by atoms with Crippen LogP contribution in [0.15, 0.2) is 6.33 Å². The van der Waals surface area contributed by atoms with E-state index < -0.39 is 0 Å². The van der Waals surface area contributed by atoms with E-state index in [9.17, 15) is 0 Å². The van der Waals surface area contributed by atoms with Gasteiger partial charge in [-0.25, -0.2) is 9.67 Å². The van der Waals surface area contributed by atoms with Gasteiger partial charge in [0.2, 0.25) is 0 Å². The van der Waals surface area contributed by atoms with Crippen LogP contribution in [0.5, 0.6) is 0 Å². The molecule has 0 bridgehead atoms. The smallest absolute Gasteiger partial charge is 0.141 e. The second-order valence-corrected chi connectivity index (χ2v) is 4.44. The maximum atomic E-state index is 4.24. The van der Waals surface area contributed by atoms with Crippen LogP contribution in [0.25, 0.3) is 0 Å². The summed E-state index contributed by atoms with van der Waals surface area (Å²) in [6.07, 6.45) is 2.76. The average Bonchev–Trinajstić information content (AvgIpc) is 2.52. The molecular formula is C10H20N4. The van der Waals surface area contributed by atoms with Crippen molar-refractivity contribution in [3.8, 4) is 0 Å². The lowest BCUT2D eigenvalue weighted by molar-refractivity contribution is 0.337. The summed E-state index contributed by atoms with van der Waals surface area (Å²) in [5.41, 5.74) is 0.0136. The third-order valence-corrected chi connectivity index (χ3v) is 1.96. The molecule has 1 aromatic rings. The van der Waals surface area contributed by atoms with E-state index >= 15 is 0 Å².